The first-order chi connectivity index (χ1) is 15.3. The molecule has 0 saturated carbocycles. The Kier molecular flexibility index (Phi) is 6.35. The molecule has 2 heterocycles. The highest BCUT2D eigenvalue weighted by molar-refractivity contribution is 7.90. The fraction of sp³-hybridized carbons (Fsp3) is 0.227. The molecule has 32 heavy (non-hydrogen) atoms. The molecule has 0 radical (unpaired) electrons. The first-order valence-electron chi connectivity index (χ1n) is 9.94. The van der Waals surface area contributed by atoms with Gasteiger partial charge in [0.2, 0.25) is 0 Å². The number of aliphatic imine (C=N–C) groups is 1. The minimum absolute atomic E-state index is 0.0424. The number of rotatable bonds is 6. The molecule has 0 aliphatic carbocycles. The lowest BCUT2D eigenvalue weighted by molar-refractivity contribution is 0.226. The van der Waals surface area contributed by atoms with Gasteiger partial charge in [-0.2, -0.15) is 0 Å². The van der Waals surface area contributed by atoms with E-state index in [0.29, 0.717) is 17.4 Å². The van der Waals surface area contributed by atoms with E-state index in [2.05, 4.69) is 20.6 Å². The van der Waals surface area contributed by atoms with Crippen LogP contribution in [0, 0.1) is 0 Å². The molecule has 10 heteroatoms. The second-order valence-corrected chi connectivity index (χ2v) is 10.4. The number of aliphatic hydroxyl groups excluding tert-OH is 1. The third-order valence-corrected chi connectivity index (χ3v) is 6.92. The first-order valence-corrected chi connectivity index (χ1v) is 12.7. The quantitative estimate of drug-likeness (QED) is 0.511. The van der Waals surface area contributed by atoms with Crippen LogP contribution in [0.1, 0.15) is 6.42 Å². The number of thiazole rings is 1. The topological polar surface area (TPSA) is 121 Å². The maximum absolute atomic E-state index is 12.2. The summed E-state index contributed by atoms with van der Waals surface area (Å²) < 4.78 is 24.5. The number of hydrogen-bond donors (Lipinski definition) is 3. The molecule has 1 aromatic heterocycles. The van der Waals surface area contributed by atoms with Gasteiger partial charge in [0, 0.05) is 12.8 Å². The van der Waals surface area contributed by atoms with Gasteiger partial charge in [-0.15, -0.1) is 0 Å². The maximum atomic E-state index is 12.2. The Morgan fingerprint density at radius 1 is 1.22 bits per heavy atom. The average Bonchev–Trinajstić information content (AvgIpc) is 3.19. The van der Waals surface area contributed by atoms with Crippen molar-refractivity contribution in [3.8, 4) is 11.1 Å². The molecule has 0 spiro atoms. The van der Waals surface area contributed by atoms with Gasteiger partial charge in [0.05, 0.1) is 27.4 Å². The van der Waals surface area contributed by atoms with E-state index >= 15 is 0 Å². The summed E-state index contributed by atoms with van der Waals surface area (Å²) in [7, 11) is -3.30. The summed E-state index contributed by atoms with van der Waals surface area (Å²) in [5.41, 5.74) is 2.91. The highest BCUT2D eigenvalue weighted by Gasteiger charge is 2.15. The number of fused-ring (bicyclic) bond motifs is 1. The van der Waals surface area contributed by atoms with E-state index in [1.165, 1.54) is 17.6 Å². The van der Waals surface area contributed by atoms with Crippen molar-refractivity contribution < 1.29 is 18.3 Å². The van der Waals surface area contributed by atoms with Crippen LogP contribution >= 0.6 is 11.3 Å². The summed E-state index contributed by atoms with van der Waals surface area (Å²) in [6, 6.07) is 11.9. The number of nitrogens with zero attached hydrogens (tertiary/aromatic N) is 2. The van der Waals surface area contributed by atoms with Gasteiger partial charge in [0.25, 0.3) is 0 Å². The molecule has 0 fully saturated rings. The number of nitrogens with one attached hydrogen (secondary N) is 2. The first kappa shape index (κ1) is 22.1. The molecule has 2 amide bonds. The van der Waals surface area contributed by atoms with E-state index in [1.807, 2.05) is 30.3 Å². The van der Waals surface area contributed by atoms with E-state index in [4.69, 9.17) is 0 Å². The van der Waals surface area contributed by atoms with Crippen molar-refractivity contribution in [3.63, 3.8) is 0 Å². The summed E-state index contributed by atoms with van der Waals surface area (Å²) in [4.78, 5) is 21.1. The molecule has 1 aliphatic rings. The molecular weight excluding hydrogens is 448 g/mol. The van der Waals surface area contributed by atoms with Gasteiger partial charge in [-0.25, -0.2) is 18.2 Å². The lowest BCUT2D eigenvalue weighted by Crippen LogP contribution is -2.38. The number of hydrogen-bond acceptors (Lipinski definition) is 7. The summed E-state index contributed by atoms with van der Waals surface area (Å²) in [5.74, 6) is 0. The van der Waals surface area contributed by atoms with E-state index in [0.717, 1.165) is 27.8 Å². The van der Waals surface area contributed by atoms with Crippen molar-refractivity contribution in [2.24, 2.45) is 4.99 Å². The van der Waals surface area contributed by atoms with E-state index in [1.54, 1.807) is 24.3 Å². The second kappa shape index (κ2) is 9.19. The van der Waals surface area contributed by atoms with Crippen molar-refractivity contribution in [1.29, 1.82) is 0 Å². The van der Waals surface area contributed by atoms with Crippen molar-refractivity contribution >= 4 is 48.3 Å². The number of urea groups is 1. The largest absolute Gasteiger partial charge is 0.385 e. The number of aromatic nitrogens is 1. The third-order valence-electron chi connectivity index (χ3n) is 4.88. The molecule has 8 nitrogen and oxygen atoms in total. The van der Waals surface area contributed by atoms with Gasteiger partial charge >= 0.3 is 6.03 Å². The van der Waals surface area contributed by atoms with Crippen LogP contribution in [0.25, 0.3) is 21.3 Å². The van der Waals surface area contributed by atoms with E-state index < -0.39 is 22.0 Å². The summed E-state index contributed by atoms with van der Waals surface area (Å²) >= 11 is 1.31. The van der Waals surface area contributed by atoms with Crippen LogP contribution in [0.5, 0.6) is 0 Å². The molecular formula is C22H22N4O4S2. The number of aliphatic hydroxyl groups is 1. The lowest BCUT2D eigenvalue weighted by atomic mass is 10.1. The minimum atomic E-state index is -3.30. The Labute approximate surface area is 189 Å². The number of anilines is 1. The lowest BCUT2D eigenvalue weighted by Gasteiger charge is -2.14. The van der Waals surface area contributed by atoms with Crippen LogP contribution in [0.2, 0.25) is 0 Å². The Morgan fingerprint density at radius 3 is 2.78 bits per heavy atom. The number of benzene rings is 2. The molecule has 3 aromatic rings. The van der Waals surface area contributed by atoms with Crippen LogP contribution in [0.3, 0.4) is 0 Å². The highest BCUT2D eigenvalue weighted by Crippen LogP contribution is 2.31. The smallest absolute Gasteiger partial charge is 0.321 e. The molecule has 4 rings (SSSR count). The summed E-state index contributed by atoms with van der Waals surface area (Å²) in [6.07, 6.45) is 4.88. The SMILES string of the molecule is CS(=O)(=O)c1cccc(-c2ccc3nc(NC(=O)NCC(O)C4=NCCC=C4)sc3c2)c1. The zero-order valence-corrected chi connectivity index (χ0v) is 18.9. The number of amides is 2. The molecule has 2 aromatic carbocycles. The van der Waals surface area contributed by atoms with E-state index in [-0.39, 0.29) is 11.4 Å². The third kappa shape index (κ3) is 5.21. The number of dihydropyridines is 1. The molecule has 1 aliphatic heterocycles. The fourth-order valence-corrected chi connectivity index (χ4v) is 4.81. The minimum Gasteiger partial charge on any atom is -0.385 e. The van der Waals surface area contributed by atoms with Gasteiger partial charge in [-0.3, -0.25) is 10.3 Å². The predicted molar refractivity (Wildman–Crippen MR) is 127 cm³/mol. The van der Waals surface area contributed by atoms with Gasteiger partial charge in [-0.05, 0) is 47.9 Å². The average molecular weight is 471 g/mol. The molecule has 166 valence electrons. The Hall–Kier alpha value is -3.08. The van der Waals surface area contributed by atoms with Gasteiger partial charge in [0.15, 0.2) is 15.0 Å². The van der Waals surface area contributed by atoms with Crippen molar-refractivity contribution in [2.45, 2.75) is 17.4 Å². The fourth-order valence-electron chi connectivity index (χ4n) is 3.24. The van der Waals surface area contributed by atoms with Crippen molar-refractivity contribution in [1.82, 2.24) is 10.3 Å². The Morgan fingerprint density at radius 2 is 2.03 bits per heavy atom. The highest BCUT2D eigenvalue weighted by atomic mass is 32.2. The maximum Gasteiger partial charge on any atom is 0.321 e. The van der Waals surface area contributed by atoms with Gasteiger partial charge in [0.1, 0.15) is 6.10 Å². The van der Waals surface area contributed by atoms with Gasteiger partial charge in [-0.1, -0.05) is 35.6 Å². The summed E-state index contributed by atoms with van der Waals surface area (Å²) in [6.45, 7) is 0.683. The summed E-state index contributed by atoms with van der Waals surface area (Å²) in [5, 5.41) is 15.9. The van der Waals surface area contributed by atoms with Crippen LogP contribution in [-0.4, -0.2) is 55.7 Å². The monoisotopic (exact) mass is 470 g/mol. The van der Waals surface area contributed by atoms with Crippen LogP contribution in [0.15, 0.2) is 64.5 Å². The standard InChI is InChI=1S/C22H22N4O4S2/c1-32(29,30)16-6-4-5-14(11-16)15-8-9-18-20(12-15)31-22(25-18)26-21(28)24-13-19(27)17-7-2-3-10-23-17/h2,4-9,11-12,19,27H,3,10,13H2,1H3,(H2,24,25,26,28). The molecule has 0 saturated heterocycles. The normalized spacial score (nSPS) is 14.8. The van der Waals surface area contributed by atoms with Crippen molar-refractivity contribution in [2.75, 3.05) is 24.7 Å². The number of sulfone groups is 1. The second-order valence-electron chi connectivity index (χ2n) is 7.35. The number of carbonyl (C=O) groups excluding carboxylic acids is 1. The van der Waals surface area contributed by atoms with Crippen LogP contribution in [-0.2, 0) is 9.84 Å². The van der Waals surface area contributed by atoms with E-state index in [9.17, 15) is 18.3 Å². The zero-order valence-electron chi connectivity index (χ0n) is 17.3. The number of carbonyl (C=O) groups is 1. The van der Waals surface area contributed by atoms with Gasteiger partial charge < -0.3 is 10.4 Å². The predicted octanol–water partition coefficient (Wildman–Crippen LogP) is 3.25. The molecule has 1 atom stereocenters. The molecule has 0 bridgehead atoms. The molecule has 1 unspecified atom stereocenters. The van der Waals surface area contributed by atoms with Crippen LogP contribution in [0.4, 0.5) is 9.93 Å². The Balaban J connectivity index is 1.44. The Bertz CT molecular complexity index is 1330. The molecule has 3 N–H and O–H groups in total. The van der Waals surface area contributed by atoms with Crippen molar-refractivity contribution in [3.05, 3.63) is 54.6 Å². The van der Waals surface area contributed by atoms with Crippen LogP contribution < -0.4 is 10.6 Å². The zero-order chi connectivity index (χ0) is 22.7.